The van der Waals surface area contributed by atoms with Gasteiger partial charge in [0.15, 0.2) is 10.8 Å². The van der Waals surface area contributed by atoms with Crippen LogP contribution < -0.4 is 0 Å². The first kappa shape index (κ1) is 17.0. The lowest BCUT2D eigenvalue weighted by atomic mass is 10.3. The van der Waals surface area contributed by atoms with E-state index in [-0.39, 0.29) is 0 Å². The maximum atomic E-state index is 12.8. The van der Waals surface area contributed by atoms with E-state index in [1.807, 2.05) is 18.2 Å². The summed E-state index contributed by atoms with van der Waals surface area (Å²) in [7, 11) is -1.16. The minimum atomic E-state index is -4.42. The minimum Gasteiger partial charge on any atom is -0.277 e. The van der Waals surface area contributed by atoms with Gasteiger partial charge in [0, 0.05) is 22.6 Å². The van der Waals surface area contributed by atoms with Crippen molar-refractivity contribution in [3.05, 3.63) is 54.2 Å². The summed E-state index contributed by atoms with van der Waals surface area (Å²) < 4.78 is 51.8. The van der Waals surface area contributed by atoms with Crippen molar-refractivity contribution in [1.29, 1.82) is 0 Å². The monoisotopic (exact) mass is 371 g/mol. The summed E-state index contributed by atoms with van der Waals surface area (Å²) in [5, 5.41) is 8.09. The maximum absolute atomic E-state index is 12.8. The highest BCUT2D eigenvalue weighted by Gasteiger charge is 2.31. The van der Waals surface area contributed by atoms with Crippen LogP contribution in [0.1, 0.15) is 5.56 Å². The van der Waals surface area contributed by atoms with E-state index in [1.54, 1.807) is 12.1 Å². The Morgan fingerprint density at radius 1 is 1.08 bits per heavy atom. The smallest absolute Gasteiger partial charge is 0.277 e. The number of hydrogen-bond acceptors (Lipinski definition) is 4. The van der Waals surface area contributed by atoms with E-state index in [4.69, 9.17) is 0 Å². The summed E-state index contributed by atoms with van der Waals surface area (Å²) in [5.41, 5.74) is -0.417. The Morgan fingerprint density at radius 3 is 2.54 bits per heavy atom. The van der Waals surface area contributed by atoms with Gasteiger partial charge >= 0.3 is 6.18 Å². The quantitative estimate of drug-likeness (QED) is 0.643. The molecule has 9 heteroatoms. The van der Waals surface area contributed by atoms with Crippen LogP contribution in [0.3, 0.4) is 0 Å². The molecule has 0 aliphatic carbocycles. The summed E-state index contributed by atoms with van der Waals surface area (Å²) in [6.45, 7) is 0. The Morgan fingerprint density at radius 2 is 1.83 bits per heavy atom. The number of benzene rings is 1. The molecule has 2 heterocycles. The normalized spacial score (nSPS) is 13.3. The Balaban J connectivity index is 1.70. The predicted molar refractivity (Wildman–Crippen MR) is 86.4 cm³/mol. The average molecular weight is 371 g/mol. The molecule has 0 radical (unpaired) electrons. The second kappa shape index (κ2) is 6.94. The van der Waals surface area contributed by atoms with Gasteiger partial charge in [-0.05, 0) is 24.3 Å². The van der Waals surface area contributed by atoms with Crippen LogP contribution in [0, 0.1) is 0 Å². The van der Waals surface area contributed by atoms with E-state index in [0.29, 0.717) is 22.3 Å². The lowest BCUT2D eigenvalue weighted by Gasteiger charge is -2.07. The van der Waals surface area contributed by atoms with Crippen LogP contribution in [0.15, 0.2) is 58.7 Å². The van der Waals surface area contributed by atoms with Crippen molar-refractivity contribution in [2.45, 2.75) is 16.2 Å². The standard InChI is InChI=1S/C15H12F3N3OS2/c16-15(17,18)11-6-7-13-19-20-14(21(13)10-11)23-8-9-24(22)12-4-2-1-3-5-12/h1-7,10H,8-9H2/t24-/m0/s1. The predicted octanol–water partition coefficient (Wildman–Crippen LogP) is 3.65. The third-order valence-corrected chi connectivity index (χ3v) is 5.78. The van der Waals surface area contributed by atoms with Gasteiger partial charge in [0.25, 0.3) is 0 Å². The van der Waals surface area contributed by atoms with E-state index in [2.05, 4.69) is 10.2 Å². The number of thioether (sulfide) groups is 1. The van der Waals surface area contributed by atoms with E-state index in [9.17, 15) is 17.4 Å². The van der Waals surface area contributed by atoms with E-state index in [1.165, 1.54) is 22.2 Å². The molecule has 126 valence electrons. The van der Waals surface area contributed by atoms with Crippen molar-refractivity contribution in [2.24, 2.45) is 0 Å². The third kappa shape index (κ3) is 3.78. The second-order valence-electron chi connectivity index (χ2n) is 4.84. The number of pyridine rings is 1. The molecule has 0 aliphatic rings. The van der Waals surface area contributed by atoms with E-state index < -0.39 is 22.5 Å². The van der Waals surface area contributed by atoms with Gasteiger partial charge in [-0.3, -0.25) is 8.61 Å². The van der Waals surface area contributed by atoms with Crippen molar-refractivity contribution in [2.75, 3.05) is 11.5 Å². The van der Waals surface area contributed by atoms with Crippen LogP contribution in [0.5, 0.6) is 0 Å². The molecule has 0 bridgehead atoms. The zero-order valence-corrected chi connectivity index (χ0v) is 13.9. The zero-order valence-electron chi connectivity index (χ0n) is 12.2. The highest BCUT2D eigenvalue weighted by Crippen LogP contribution is 2.30. The van der Waals surface area contributed by atoms with Gasteiger partial charge in [0.2, 0.25) is 0 Å². The van der Waals surface area contributed by atoms with Gasteiger partial charge in [-0.15, -0.1) is 10.2 Å². The molecule has 0 amide bonds. The van der Waals surface area contributed by atoms with Gasteiger partial charge in [0.1, 0.15) is 0 Å². The number of fused-ring (bicyclic) bond motifs is 1. The molecular weight excluding hydrogens is 359 g/mol. The van der Waals surface area contributed by atoms with Crippen LogP contribution in [0.25, 0.3) is 5.65 Å². The number of nitrogens with zero attached hydrogens (tertiary/aromatic N) is 3. The van der Waals surface area contributed by atoms with Crippen molar-refractivity contribution in [3.63, 3.8) is 0 Å². The largest absolute Gasteiger partial charge is 0.417 e. The molecule has 0 unspecified atom stereocenters. The highest BCUT2D eigenvalue weighted by atomic mass is 32.2. The molecule has 0 N–H and O–H groups in total. The SMILES string of the molecule is O=[S@@](CCSc1nnc2ccc(C(F)(F)F)cn12)c1ccccc1. The first-order chi connectivity index (χ1) is 11.4. The Hall–Kier alpha value is -1.87. The summed E-state index contributed by atoms with van der Waals surface area (Å²) in [4.78, 5) is 0.726. The number of hydrogen-bond donors (Lipinski definition) is 0. The number of alkyl halides is 3. The van der Waals surface area contributed by atoms with Crippen molar-refractivity contribution in [1.82, 2.24) is 14.6 Å². The molecular formula is C15H12F3N3OS2. The van der Waals surface area contributed by atoms with Crippen molar-refractivity contribution < 1.29 is 17.4 Å². The molecule has 0 aliphatic heterocycles. The lowest BCUT2D eigenvalue weighted by molar-refractivity contribution is -0.137. The summed E-state index contributed by atoms with van der Waals surface area (Å²) in [5.74, 6) is 0.834. The Labute approximate surface area is 142 Å². The van der Waals surface area contributed by atoms with Gasteiger partial charge in [-0.25, -0.2) is 0 Å². The van der Waals surface area contributed by atoms with Gasteiger partial charge in [0.05, 0.1) is 16.4 Å². The van der Waals surface area contributed by atoms with Gasteiger partial charge < -0.3 is 0 Å². The topological polar surface area (TPSA) is 47.3 Å². The number of rotatable bonds is 5. The molecule has 0 fully saturated rings. The highest BCUT2D eigenvalue weighted by molar-refractivity contribution is 8.00. The first-order valence-electron chi connectivity index (χ1n) is 6.93. The summed E-state index contributed by atoms with van der Waals surface area (Å²) >= 11 is 1.23. The number of aromatic nitrogens is 3. The summed E-state index contributed by atoms with van der Waals surface area (Å²) in [6, 6.07) is 11.3. The molecule has 3 aromatic rings. The molecule has 1 aromatic carbocycles. The van der Waals surface area contributed by atoms with Crippen molar-refractivity contribution >= 4 is 28.2 Å². The third-order valence-electron chi connectivity index (χ3n) is 3.20. The molecule has 2 aromatic heterocycles. The van der Waals surface area contributed by atoms with Gasteiger partial charge in [-0.2, -0.15) is 13.2 Å². The van der Waals surface area contributed by atoms with Crippen LogP contribution in [-0.4, -0.2) is 30.3 Å². The molecule has 4 nitrogen and oxygen atoms in total. The van der Waals surface area contributed by atoms with E-state index in [0.717, 1.165) is 17.2 Å². The molecule has 0 spiro atoms. The molecule has 24 heavy (non-hydrogen) atoms. The molecule has 3 rings (SSSR count). The fourth-order valence-corrected chi connectivity index (χ4v) is 4.24. The van der Waals surface area contributed by atoms with Crippen LogP contribution in [0.2, 0.25) is 0 Å². The first-order valence-corrected chi connectivity index (χ1v) is 9.24. The van der Waals surface area contributed by atoms with E-state index >= 15 is 0 Å². The molecule has 0 saturated carbocycles. The minimum absolute atomic E-state index is 0.342. The average Bonchev–Trinajstić information content (AvgIpc) is 2.97. The van der Waals surface area contributed by atoms with Gasteiger partial charge in [-0.1, -0.05) is 30.0 Å². The van der Waals surface area contributed by atoms with Crippen LogP contribution >= 0.6 is 11.8 Å². The van der Waals surface area contributed by atoms with Crippen LogP contribution in [0.4, 0.5) is 13.2 Å². The second-order valence-corrected chi connectivity index (χ2v) is 7.47. The van der Waals surface area contributed by atoms with Crippen LogP contribution in [-0.2, 0) is 17.0 Å². The fourth-order valence-electron chi connectivity index (χ4n) is 2.03. The van der Waals surface area contributed by atoms with Crippen molar-refractivity contribution in [3.8, 4) is 0 Å². The molecule has 1 atom stereocenters. The Bertz CT molecular complexity index is 865. The molecule has 0 saturated heterocycles. The zero-order chi connectivity index (χ0) is 17.2. The number of halogens is 3. The maximum Gasteiger partial charge on any atom is 0.417 e. The lowest BCUT2D eigenvalue weighted by Crippen LogP contribution is -2.06. The fraction of sp³-hybridized carbons (Fsp3) is 0.200. The Kier molecular flexibility index (Phi) is 4.91. The summed E-state index contributed by atoms with van der Waals surface area (Å²) in [6.07, 6.45) is -3.44.